The molecule has 0 unspecified atom stereocenters. The molecular weight excluding hydrogens is 585 g/mol. The normalized spacial score (nSPS) is 13.8. The summed E-state index contributed by atoms with van der Waals surface area (Å²) in [6.07, 6.45) is 1.59. The first-order chi connectivity index (χ1) is 19.5. The second kappa shape index (κ2) is 12.9. The van der Waals surface area contributed by atoms with E-state index in [0.29, 0.717) is 29.6 Å². The standard InChI is InChI=1S/C29H29Cl2N5O4S/c1-41(39,40)36(25-14-19(16-32)13-22(15-25)29(38)34-12-2-3-27(33)37)26-17-35(18-26)28(20-4-8-23(30)9-5-20)21-6-10-24(31)11-7-21/h4-11,13-15,26,28H,2-3,12,17-18H2,1H3,(H2,33,37)(H,34,38). The zero-order chi connectivity index (χ0) is 29.7. The van der Waals surface area contributed by atoms with Gasteiger partial charge in [-0.3, -0.25) is 18.8 Å². The van der Waals surface area contributed by atoms with Gasteiger partial charge in [-0.1, -0.05) is 47.5 Å². The van der Waals surface area contributed by atoms with Crippen LogP contribution in [-0.4, -0.2) is 57.1 Å². The molecule has 9 nitrogen and oxygen atoms in total. The summed E-state index contributed by atoms with van der Waals surface area (Å²) in [6.45, 7) is 1.00. The number of carbonyl (C=O) groups excluding carboxylic acids is 2. The molecule has 3 aromatic carbocycles. The largest absolute Gasteiger partial charge is 0.370 e. The molecular formula is C29H29Cl2N5O4S. The molecule has 3 aromatic rings. The number of rotatable bonds is 11. The quantitative estimate of drug-likeness (QED) is 0.312. The number of nitrogens with two attached hydrogens (primary N) is 1. The van der Waals surface area contributed by atoms with Crippen LogP contribution in [0.2, 0.25) is 10.0 Å². The van der Waals surface area contributed by atoms with E-state index >= 15 is 0 Å². The van der Waals surface area contributed by atoms with E-state index in [9.17, 15) is 23.3 Å². The number of carbonyl (C=O) groups is 2. The number of halogens is 2. The van der Waals surface area contributed by atoms with Crippen molar-refractivity contribution in [1.82, 2.24) is 10.2 Å². The van der Waals surface area contributed by atoms with Crippen molar-refractivity contribution in [3.8, 4) is 6.07 Å². The van der Waals surface area contributed by atoms with Gasteiger partial charge in [-0.2, -0.15) is 5.26 Å². The summed E-state index contributed by atoms with van der Waals surface area (Å²) in [5, 5.41) is 13.5. The molecule has 3 N–H and O–H groups in total. The second-order valence-electron chi connectivity index (χ2n) is 9.88. The van der Waals surface area contributed by atoms with Crippen molar-refractivity contribution >= 4 is 50.7 Å². The van der Waals surface area contributed by atoms with Crippen molar-refractivity contribution in [2.45, 2.75) is 24.9 Å². The number of likely N-dealkylation sites (tertiary alicyclic amines) is 1. The maximum Gasteiger partial charge on any atom is 0.251 e. The van der Waals surface area contributed by atoms with Gasteiger partial charge in [0, 0.05) is 41.7 Å². The Labute approximate surface area is 249 Å². The van der Waals surface area contributed by atoms with Crippen LogP contribution < -0.4 is 15.4 Å². The minimum absolute atomic E-state index is 0.122. The van der Waals surface area contributed by atoms with Crippen LogP contribution in [-0.2, 0) is 14.8 Å². The molecule has 0 aliphatic carbocycles. The highest BCUT2D eigenvalue weighted by Crippen LogP contribution is 2.37. The van der Waals surface area contributed by atoms with Crippen LogP contribution in [0.1, 0.15) is 45.9 Å². The van der Waals surface area contributed by atoms with Crippen LogP contribution in [0.5, 0.6) is 0 Å². The first-order valence-electron chi connectivity index (χ1n) is 12.8. The van der Waals surface area contributed by atoms with Crippen molar-refractivity contribution in [3.63, 3.8) is 0 Å². The van der Waals surface area contributed by atoms with Gasteiger partial charge >= 0.3 is 0 Å². The molecule has 2 amide bonds. The van der Waals surface area contributed by atoms with E-state index in [-0.39, 0.29) is 35.8 Å². The summed E-state index contributed by atoms with van der Waals surface area (Å²) < 4.78 is 27.4. The Balaban J connectivity index is 1.60. The predicted molar refractivity (Wildman–Crippen MR) is 159 cm³/mol. The van der Waals surface area contributed by atoms with Gasteiger partial charge in [0.05, 0.1) is 35.7 Å². The molecule has 0 atom stereocenters. The summed E-state index contributed by atoms with van der Waals surface area (Å²) in [5.41, 5.74) is 7.64. The SMILES string of the molecule is CS(=O)(=O)N(c1cc(C#N)cc(C(=O)NCCCC(N)=O)c1)C1CN(C(c2ccc(Cl)cc2)c2ccc(Cl)cc2)C1. The fourth-order valence-corrected chi connectivity index (χ4v) is 6.34. The molecule has 0 aromatic heterocycles. The highest BCUT2D eigenvalue weighted by atomic mass is 35.5. The van der Waals surface area contributed by atoms with Crippen molar-refractivity contribution in [2.75, 3.05) is 30.2 Å². The number of sulfonamides is 1. The molecule has 0 radical (unpaired) electrons. The van der Waals surface area contributed by atoms with Crippen LogP contribution >= 0.6 is 23.2 Å². The average Bonchev–Trinajstić information content (AvgIpc) is 2.90. The number of amides is 2. The van der Waals surface area contributed by atoms with Gasteiger partial charge in [-0.25, -0.2) is 8.42 Å². The maximum atomic E-state index is 13.1. The number of hydrogen-bond acceptors (Lipinski definition) is 6. The lowest BCUT2D eigenvalue weighted by atomic mass is 9.93. The number of hydrogen-bond donors (Lipinski definition) is 2. The summed E-state index contributed by atoms with van der Waals surface area (Å²) in [7, 11) is -3.79. The van der Waals surface area contributed by atoms with Gasteiger partial charge in [0.25, 0.3) is 5.91 Å². The Hall–Kier alpha value is -3.62. The third-order valence-electron chi connectivity index (χ3n) is 6.77. The molecule has 4 rings (SSSR count). The van der Waals surface area contributed by atoms with Gasteiger partial charge < -0.3 is 11.1 Å². The van der Waals surface area contributed by atoms with Crippen LogP contribution in [0.3, 0.4) is 0 Å². The Morgan fingerprint density at radius 3 is 2.10 bits per heavy atom. The van der Waals surface area contributed by atoms with E-state index in [1.165, 1.54) is 22.5 Å². The highest BCUT2D eigenvalue weighted by molar-refractivity contribution is 7.92. The molecule has 1 saturated heterocycles. The fourth-order valence-electron chi connectivity index (χ4n) is 4.93. The lowest BCUT2D eigenvalue weighted by molar-refractivity contribution is -0.118. The van der Waals surface area contributed by atoms with Gasteiger partial charge in [0.1, 0.15) is 0 Å². The van der Waals surface area contributed by atoms with E-state index in [1.807, 2.05) is 54.6 Å². The summed E-state index contributed by atoms with van der Waals surface area (Å²) >= 11 is 12.3. The van der Waals surface area contributed by atoms with E-state index in [2.05, 4.69) is 10.2 Å². The number of nitrogens with one attached hydrogen (secondary N) is 1. The minimum atomic E-state index is -3.79. The first kappa shape index (κ1) is 30.3. The van der Waals surface area contributed by atoms with Crippen molar-refractivity contribution < 1.29 is 18.0 Å². The molecule has 1 fully saturated rings. The summed E-state index contributed by atoms with van der Waals surface area (Å²) in [5.74, 6) is -0.956. The smallest absolute Gasteiger partial charge is 0.251 e. The third-order valence-corrected chi connectivity index (χ3v) is 8.49. The van der Waals surface area contributed by atoms with E-state index in [1.54, 1.807) is 0 Å². The van der Waals surface area contributed by atoms with E-state index < -0.39 is 27.9 Å². The molecule has 1 aliphatic heterocycles. The Bertz CT molecular complexity index is 1520. The maximum absolute atomic E-state index is 13.1. The monoisotopic (exact) mass is 613 g/mol. The van der Waals surface area contributed by atoms with Gasteiger partial charge in [0.2, 0.25) is 15.9 Å². The lowest BCUT2D eigenvalue weighted by Crippen LogP contribution is -2.61. The molecule has 41 heavy (non-hydrogen) atoms. The lowest BCUT2D eigenvalue weighted by Gasteiger charge is -2.48. The van der Waals surface area contributed by atoms with Gasteiger partial charge in [0.15, 0.2) is 0 Å². The topological polar surface area (TPSA) is 137 Å². The summed E-state index contributed by atoms with van der Waals surface area (Å²) in [4.78, 5) is 25.9. The van der Waals surface area contributed by atoms with Crippen molar-refractivity contribution in [3.05, 3.63) is 99.0 Å². The van der Waals surface area contributed by atoms with Crippen LogP contribution in [0.15, 0.2) is 66.7 Å². The molecule has 0 bridgehead atoms. The van der Waals surface area contributed by atoms with Gasteiger partial charge in [-0.05, 0) is 60.0 Å². The Kier molecular flexibility index (Phi) is 9.56. The molecule has 12 heteroatoms. The first-order valence-corrected chi connectivity index (χ1v) is 15.4. The van der Waals surface area contributed by atoms with E-state index in [4.69, 9.17) is 28.9 Å². The molecule has 0 saturated carbocycles. The highest BCUT2D eigenvalue weighted by Gasteiger charge is 2.41. The Morgan fingerprint density at radius 2 is 1.61 bits per heavy atom. The van der Waals surface area contributed by atoms with Crippen LogP contribution in [0.4, 0.5) is 5.69 Å². The minimum Gasteiger partial charge on any atom is -0.370 e. The molecule has 1 aliphatic rings. The van der Waals surface area contributed by atoms with Crippen molar-refractivity contribution in [1.29, 1.82) is 5.26 Å². The van der Waals surface area contributed by atoms with E-state index in [0.717, 1.165) is 17.4 Å². The molecule has 0 spiro atoms. The molecule has 214 valence electrons. The number of primary amides is 1. The van der Waals surface area contributed by atoms with Gasteiger partial charge in [-0.15, -0.1) is 0 Å². The number of nitriles is 1. The molecule has 1 heterocycles. The number of anilines is 1. The Morgan fingerprint density at radius 1 is 1.05 bits per heavy atom. The zero-order valence-corrected chi connectivity index (χ0v) is 24.6. The van der Waals surface area contributed by atoms with Crippen molar-refractivity contribution in [2.24, 2.45) is 5.73 Å². The zero-order valence-electron chi connectivity index (χ0n) is 22.3. The average molecular weight is 615 g/mol. The summed E-state index contributed by atoms with van der Waals surface area (Å²) in [6, 6.07) is 20.7. The fraction of sp³-hybridized carbons (Fsp3) is 0.276. The third kappa shape index (κ3) is 7.57. The predicted octanol–water partition coefficient (Wildman–Crippen LogP) is 4.10. The second-order valence-corrected chi connectivity index (χ2v) is 12.6. The van der Waals surface area contributed by atoms with Crippen LogP contribution in [0, 0.1) is 11.3 Å². The number of benzene rings is 3. The number of nitrogens with zero attached hydrogens (tertiary/aromatic N) is 3. The van der Waals surface area contributed by atoms with Crippen LogP contribution in [0.25, 0.3) is 0 Å².